The molecule has 3 rings (SSSR count). The number of nitrogens with one attached hydrogen (secondary N) is 1. The number of halogens is 3. The minimum absolute atomic E-state index is 0.291. The minimum atomic E-state index is -0.291. The highest BCUT2D eigenvalue weighted by Gasteiger charge is 2.07. The first-order valence-electron chi connectivity index (χ1n) is 8.94. The molecule has 0 bridgehead atoms. The molecule has 3 aromatic carbocycles. The Kier molecular flexibility index (Phi) is 7.80. The van der Waals surface area contributed by atoms with Gasteiger partial charge in [-0.25, -0.2) is 0 Å². The summed E-state index contributed by atoms with van der Waals surface area (Å²) in [4.78, 5) is 12.2. The van der Waals surface area contributed by atoms with E-state index >= 15 is 0 Å². The lowest BCUT2D eigenvalue weighted by Crippen LogP contribution is -2.08. The second-order valence-electron chi connectivity index (χ2n) is 6.27. The number of anilines is 1. The topological polar surface area (TPSA) is 47.6 Å². The molecule has 0 unspecified atom stereocenters. The van der Waals surface area contributed by atoms with Crippen molar-refractivity contribution in [2.45, 2.75) is 6.61 Å². The number of carbonyl (C=O) groups is 1. The Bertz CT molecular complexity index is 1070. The van der Waals surface area contributed by atoms with Crippen LogP contribution in [-0.4, -0.2) is 13.0 Å². The standard InChI is InChI=1S/C23H18BrCl2NO3/c1-29-22-12-15(4-10-21(22)30-14-16-2-7-18(25)8-3-16)5-11-23(28)27-20-9-6-17(24)13-19(20)26/h2-13H,14H2,1H3,(H,27,28)/b11-5+. The summed E-state index contributed by atoms with van der Waals surface area (Å²) >= 11 is 15.4. The van der Waals surface area contributed by atoms with Crippen LogP contribution in [0.3, 0.4) is 0 Å². The van der Waals surface area contributed by atoms with Crippen LogP contribution in [0.25, 0.3) is 6.08 Å². The molecule has 154 valence electrons. The van der Waals surface area contributed by atoms with Gasteiger partial charge in [0.2, 0.25) is 5.91 Å². The number of hydrogen-bond donors (Lipinski definition) is 1. The van der Waals surface area contributed by atoms with Crippen LogP contribution in [0, 0.1) is 0 Å². The van der Waals surface area contributed by atoms with E-state index in [1.807, 2.05) is 30.3 Å². The van der Waals surface area contributed by atoms with E-state index in [0.29, 0.717) is 33.8 Å². The van der Waals surface area contributed by atoms with Crippen molar-refractivity contribution < 1.29 is 14.3 Å². The molecule has 0 spiro atoms. The van der Waals surface area contributed by atoms with E-state index in [-0.39, 0.29) is 5.91 Å². The first-order chi connectivity index (χ1) is 14.4. The molecule has 4 nitrogen and oxygen atoms in total. The van der Waals surface area contributed by atoms with Gasteiger partial charge in [-0.15, -0.1) is 0 Å². The van der Waals surface area contributed by atoms with E-state index in [2.05, 4.69) is 21.2 Å². The molecule has 1 N–H and O–H groups in total. The molecule has 0 aromatic heterocycles. The van der Waals surface area contributed by atoms with Crippen LogP contribution in [0.4, 0.5) is 5.69 Å². The Morgan fingerprint density at radius 2 is 1.80 bits per heavy atom. The van der Waals surface area contributed by atoms with Crippen LogP contribution < -0.4 is 14.8 Å². The summed E-state index contributed by atoms with van der Waals surface area (Å²) in [5, 5.41) is 3.88. The molecular weight excluding hydrogens is 489 g/mol. The predicted molar refractivity (Wildman–Crippen MR) is 126 cm³/mol. The van der Waals surface area contributed by atoms with Crippen molar-refractivity contribution in [1.82, 2.24) is 0 Å². The third-order valence-corrected chi connectivity index (χ3v) is 5.17. The van der Waals surface area contributed by atoms with E-state index in [1.54, 1.807) is 43.5 Å². The average Bonchev–Trinajstić information content (AvgIpc) is 2.74. The summed E-state index contributed by atoms with van der Waals surface area (Å²) in [5.41, 5.74) is 2.33. The van der Waals surface area contributed by atoms with E-state index in [1.165, 1.54) is 6.08 Å². The Hall–Kier alpha value is -2.47. The largest absolute Gasteiger partial charge is 0.493 e. The Morgan fingerprint density at radius 1 is 1.03 bits per heavy atom. The molecule has 3 aromatic rings. The summed E-state index contributed by atoms with van der Waals surface area (Å²) in [7, 11) is 1.57. The van der Waals surface area contributed by atoms with Gasteiger partial charge in [0.25, 0.3) is 0 Å². The van der Waals surface area contributed by atoms with Gasteiger partial charge < -0.3 is 14.8 Å². The lowest BCUT2D eigenvalue weighted by atomic mass is 10.2. The van der Waals surface area contributed by atoms with Gasteiger partial charge in [-0.3, -0.25) is 4.79 Å². The Balaban J connectivity index is 1.64. The van der Waals surface area contributed by atoms with Crippen LogP contribution in [0.5, 0.6) is 11.5 Å². The van der Waals surface area contributed by atoms with Gasteiger partial charge in [0.05, 0.1) is 17.8 Å². The van der Waals surface area contributed by atoms with Gasteiger partial charge in [0, 0.05) is 15.6 Å². The number of ether oxygens (including phenoxy) is 2. The van der Waals surface area contributed by atoms with Crippen LogP contribution in [0.1, 0.15) is 11.1 Å². The molecule has 0 atom stereocenters. The van der Waals surface area contributed by atoms with Crippen molar-refractivity contribution in [1.29, 1.82) is 0 Å². The molecular formula is C23H18BrCl2NO3. The zero-order chi connectivity index (χ0) is 21.5. The van der Waals surface area contributed by atoms with Gasteiger partial charge in [0.1, 0.15) is 6.61 Å². The summed E-state index contributed by atoms with van der Waals surface area (Å²) in [5.74, 6) is 0.888. The van der Waals surface area contributed by atoms with Gasteiger partial charge in [-0.05, 0) is 59.7 Å². The number of methoxy groups -OCH3 is 1. The highest BCUT2D eigenvalue weighted by Crippen LogP contribution is 2.30. The predicted octanol–water partition coefficient (Wildman–Crippen LogP) is 7.00. The maximum atomic E-state index is 12.2. The fraction of sp³-hybridized carbons (Fsp3) is 0.0870. The molecule has 0 saturated carbocycles. The lowest BCUT2D eigenvalue weighted by Gasteiger charge is -2.11. The smallest absolute Gasteiger partial charge is 0.248 e. The van der Waals surface area contributed by atoms with E-state index in [0.717, 1.165) is 15.6 Å². The minimum Gasteiger partial charge on any atom is -0.493 e. The van der Waals surface area contributed by atoms with E-state index < -0.39 is 0 Å². The molecule has 1 amide bonds. The van der Waals surface area contributed by atoms with Crippen LogP contribution in [-0.2, 0) is 11.4 Å². The van der Waals surface area contributed by atoms with Crippen molar-refractivity contribution in [2.75, 3.05) is 12.4 Å². The quantitative estimate of drug-likeness (QED) is 0.351. The summed E-state index contributed by atoms with van der Waals surface area (Å²) in [6.45, 7) is 0.388. The highest BCUT2D eigenvalue weighted by atomic mass is 79.9. The number of amides is 1. The third-order valence-electron chi connectivity index (χ3n) is 4.11. The van der Waals surface area contributed by atoms with Crippen molar-refractivity contribution in [2.24, 2.45) is 0 Å². The molecule has 30 heavy (non-hydrogen) atoms. The summed E-state index contributed by atoms with van der Waals surface area (Å²) in [6, 6.07) is 18.1. The van der Waals surface area contributed by atoms with Gasteiger partial charge in [-0.1, -0.05) is 57.3 Å². The van der Waals surface area contributed by atoms with Crippen LogP contribution >= 0.6 is 39.1 Å². The average molecular weight is 507 g/mol. The summed E-state index contributed by atoms with van der Waals surface area (Å²) in [6.07, 6.45) is 3.12. The fourth-order valence-electron chi connectivity index (χ4n) is 2.59. The van der Waals surface area contributed by atoms with Crippen LogP contribution in [0.2, 0.25) is 10.0 Å². The maximum absolute atomic E-state index is 12.2. The Labute approximate surface area is 193 Å². The molecule has 0 aliphatic heterocycles. The lowest BCUT2D eigenvalue weighted by molar-refractivity contribution is -0.111. The zero-order valence-electron chi connectivity index (χ0n) is 16.0. The molecule has 0 fully saturated rings. The van der Waals surface area contributed by atoms with Crippen molar-refractivity contribution in [3.63, 3.8) is 0 Å². The van der Waals surface area contributed by atoms with Gasteiger partial charge in [-0.2, -0.15) is 0 Å². The SMILES string of the molecule is COc1cc(/C=C/C(=O)Nc2ccc(Br)cc2Cl)ccc1OCc1ccc(Cl)cc1. The number of hydrogen-bond acceptors (Lipinski definition) is 3. The van der Waals surface area contributed by atoms with E-state index in [9.17, 15) is 4.79 Å². The molecule has 7 heteroatoms. The number of carbonyl (C=O) groups excluding carboxylic acids is 1. The summed E-state index contributed by atoms with van der Waals surface area (Å²) < 4.78 is 12.1. The number of rotatable bonds is 7. The normalized spacial score (nSPS) is 10.8. The highest BCUT2D eigenvalue weighted by molar-refractivity contribution is 9.10. The molecule has 0 saturated heterocycles. The molecule has 0 aliphatic carbocycles. The van der Waals surface area contributed by atoms with Gasteiger partial charge >= 0.3 is 0 Å². The second-order valence-corrected chi connectivity index (χ2v) is 8.03. The number of benzene rings is 3. The fourth-order valence-corrected chi connectivity index (χ4v) is 3.43. The second kappa shape index (κ2) is 10.5. The Morgan fingerprint density at radius 3 is 2.50 bits per heavy atom. The van der Waals surface area contributed by atoms with Crippen LogP contribution in [0.15, 0.2) is 71.2 Å². The van der Waals surface area contributed by atoms with Gasteiger partial charge in [0.15, 0.2) is 11.5 Å². The zero-order valence-corrected chi connectivity index (χ0v) is 19.1. The maximum Gasteiger partial charge on any atom is 0.248 e. The molecule has 0 aliphatic rings. The molecule has 0 radical (unpaired) electrons. The van der Waals surface area contributed by atoms with E-state index in [4.69, 9.17) is 32.7 Å². The monoisotopic (exact) mass is 505 g/mol. The first kappa shape index (κ1) is 22.2. The third kappa shape index (κ3) is 6.26. The molecule has 0 heterocycles. The first-order valence-corrected chi connectivity index (χ1v) is 10.5. The van der Waals surface area contributed by atoms with Crippen molar-refractivity contribution >= 4 is 56.8 Å². The van der Waals surface area contributed by atoms with Crippen molar-refractivity contribution in [3.8, 4) is 11.5 Å². The van der Waals surface area contributed by atoms with Crippen molar-refractivity contribution in [3.05, 3.63) is 92.4 Å².